The fourth-order valence-corrected chi connectivity index (χ4v) is 2.22. The molecule has 0 saturated heterocycles. The quantitative estimate of drug-likeness (QED) is 0.856. The highest BCUT2D eigenvalue weighted by atomic mass is 35.5. The topological polar surface area (TPSA) is 35.8 Å². The molecule has 0 unspecified atom stereocenters. The van der Waals surface area contributed by atoms with Gasteiger partial charge >= 0.3 is 0 Å². The summed E-state index contributed by atoms with van der Waals surface area (Å²) in [7, 11) is 0. The third-order valence-corrected chi connectivity index (χ3v) is 4.03. The van der Waals surface area contributed by atoms with Gasteiger partial charge in [0.25, 0.3) is 0 Å². The van der Waals surface area contributed by atoms with E-state index in [1.807, 2.05) is 57.2 Å². The van der Waals surface area contributed by atoms with Crippen LogP contribution in [0.2, 0.25) is 5.02 Å². The molecule has 0 aliphatic carbocycles. The largest absolute Gasteiger partial charge is 0.381 e. The van der Waals surface area contributed by atoms with Crippen molar-refractivity contribution in [3.05, 3.63) is 64.2 Å². The van der Waals surface area contributed by atoms with Crippen molar-refractivity contribution in [3.8, 4) is 6.07 Å². The van der Waals surface area contributed by atoms with Gasteiger partial charge in [0.1, 0.15) is 0 Å². The first-order chi connectivity index (χ1) is 9.92. The van der Waals surface area contributed by atoms with Crippen molar-refractivity contribution >= 4 is 17.3 Å². The lowest BCUT2D eigenvalue weighted by atomic mass is 9.86. The molecular weight excluding hydrogens is 280 g/mol. The molecule has 21 heavy (non-hydrogen) atoms. The first kappa shape index (κ1) is 15.4. The summed E-state index contributed by atoms with van der Waals surface area (Å²) in [5.41, 5.74) is 3.83. The molecule has 0 saturated carbocycles. The van der Waals surface area contributed by atoms with Gasteiger partial charge in [-0.2, -0.15) is 5.26 Å². The van der Waals surface area contributed by atoms with Crippen molar-refractivity contribution in [2.24, 2.45) is 0 Å². The zero-order valence-corrected chi connectivity index (χ0v) is 13.3. The third kappa shape index (κ3) is 3.77. The van der Waals surface area contributed by atoms with Gasteiger partial charge in [0.15, 0.2) is 0 Å². The molecule has 0 aliphatic heterocycles. The minimum absolute atomic E-state index is 0.455. The highest BCUT2D eigenvalue weighted by Crippen LogP contribution is 2.24. The Morgan fingerprint density at radius 1 is 1.14 bits per heavy atom. The minimum Gasteiger partial charge on any atom is -0.381 e. The summed E-state index contributed by atoms with van der Waals surface area (Å²) in [6.45, 7) is 6.56. The monoisotopic (exact) mass is 298 g/mol. The van der Waals surface area contributed by atoms with E-state index >= 15 is 0 Å². The van der Waals surface area contributed by atoms with Gasteiger partial charge in [-0.05, 0) is 55.7 Å². The molecule has 0 radical (unpaired) electrons. The second-order valence-corrected chi connectivity index (χ2v) is 6.16. The highest BCUT2D eigenvalue weighted by Gasteiger charge is 2.18. The van der Waals surface area contributed by atoms with Gasteiger partial charge in [-0.25, -0.2) is 0 Å². The van der Waals surface area contributed by atoms with E-state index in [9.17, 15) is 0 Å². The lowest BCUT2D eigenvalue weighted by molar-refractivity contribution is 0.687. The Hall–Kier alpha value is -1.98. The second kappa shape index (κ2) is 6.20. The number of nitriles is 1. The summed E-state index contributed by atoms with van der Waals surface area (Å²) >= 11 is 6.12. The summed E-state index contributed by atoms with van der Waals surface area (Å²) in [6, 6.07) is 16.4. The zero-order chi connectivity index (χ0) is 15.5. The minimum atomic E-state index is -0.455. The van der Waals surface area contributed by atoms with Gasteiger partial charge in [0, 0.05) is 17.3 Å². The van der Waals surface area contributed by atoms with Crippen molar-refractivity contribution in [1.29, 1.82) is 5.26 Å². The van der Waals surface area contributed by atoms with Crippen LogP contribution in [0.25, 0.3) is 0 Å². The number of nitrogens with zero attached hydrogens (tertiary/aromatic N) is 1. The maximum Gasteiger partial charge on any atom is 0.0766 e. The van der Waals surface area contributed by atoms with Crippen molar-refractivity contribution in [3.63, 3.8) is 0 Å². The van der Waals surface area contributed by atoms with Crippen LogP contribution in [-0.4, -0.2) is 0 Å². The van der Waals surface area contributed by atoms with Crippen LogP contribution in [0.15, 0.2) is 42.5 Å². The molecule has 0 heterocycles. The smallest absolute Gasteiger partial charge is 0.0766 e. The van der Waals surface area contributed by atoms with Crippen molar-refractivity contribution in [2.45, 2.75) is 32.7 Å². The predicted octanol–water partition coefficient (Wildman–Crippen LogP) is 5.06. The van der Waals surface area contributed by atoms with Crippen molar-refractivity contribution in [2.75, 3.05) is 5.32 Å². The molecule has 0 fully saturated rings. The van der Waals surface area contributed by atoms with Crippen LogP contribution in [0, 0.1) is 18.3 Å². The first-order valence-corrected chi connectivity index (χ1v) is 7.31. The number of anilines is 1. The summed E-state index contributed by atoms with van der Waals surface area (Å²) in [6.07, 6.45) is 0. The third-order valence-electron chi connectivity index (χ3n) is 3.62. The molecule has 0 aromatic heterocycles. The maximum absolute atomic E-state index is 9.14. The van der Waals surface area contributed by atoms with Crippen LogP contribution in [0.3, 0.4) is 0 Å². The lowest BCUT2D eigenvalue weighted by Gasteiger charge is -2.16. The maximum atomic E-state index is 9.14. The lowest BCUT2D eigenvalue weighted by Crippen LogP contribution is -2.13. The Morgan fingerprint density at radius 3 is 2.38 bits per heavy atom. The molecule has 0 amide bonds. The molecular formula is C18H19ClN2. The predicted molar refractivity (Wildman–Crippen MR) is 88.6 cm³/mol. The van der Waals surface area contributed by atoms with E-state index in [0.29, 0.717) is 0 Å². The van der Waals surface area contributed by atoms with E-state index in [0.717, 1.165) is 33.9 Å². The zero-order valence-electron chi connectivity index (χ0n) is 12.6. The van der Waals surface area contributed by atoms with E-state index < -0.39 is 5.41 Å². The molecule has 2 aromatic rings. The van der Waals surface area contributed by atoms with Crippen LogP contribution in [0.1, 0.15) is 30.5 Å². The Morgan fingerprint density at radius 2 is 1.81 bits per heavy atom. The van der Waals surface area contributed by atoms with Gasteiger partial charge < -0.3 is 5.32 Å². The molecule has 0 aliphatic rings. The van der Waals surface area contributed by atoms with Gasteiger partial charge in [-0.15, -0.1) is 0 Å². The van der Waals surface area contributed by atoms with Crippen LogP contribution in [0.4, 0.5) is 5.69 Å². The Balaban J connectivity index is 2.04. The number of hydrogen-bond donors (Lipinski definition) is 1. The van der Waals surface area contributed by atoms with E-state index in [-0.39, 0.29) is 0 Å². The molecule has 0 atom stereocenters. The highest BCUT2D eigenvalue weighted by molar-refractivity contribution is 6.31. The molecule has 2 aromatic carbocycles. The van der Waals surface area contributed by atoms with E-state index in [1.54, 1.807) is 0 Å². The van der Waals surface area contributed by atoms with Gasteiger partial charge in [-0.1, -0.05) is 35.9 Å². The van der Waals surface area contributed by atoms with Crippen LogP contribution >= 0.6 is 11.6 Å². The van der Waals surface area contributed by atoms with E-state index in [2.05, 4.69) is 17.5 Å². The number of halogens is 1. The molecule has 0 spiro atoms. The first-order valence-electron chi connectivity index (χ1n) is 6.93. The fourth-order valence-electron chi connectivity index (χ4n) is 2.02. The molecule has 3 heteroatoms. The summed E-state index contributed by atoms with van der Waals surface area (Å²) < 4.78 is 0. The van der Waals surface area contributed by atoms with Gasteiger partial charge in [0.2, 0.25) is 0 Å². The average molecular weight is 299 g/mol. The number of nitrogens with one attached hydrogen (secondary N) is 1. The van der Waals surface area contributed by atoms with E-state index in [4.69, 9.17) is 16.9 Å². The Labute approximate surface area is 131 Å². The van der Waals surface area contributed by atoms with Crippen LogP contribution in [-0.2, 0) is 12.0 Å². The molecule has 2 rings (SSSR count). The van der Waals surface area contributed by atoms with Crippen LogP contribution in [0.5, 0.6) is 0 Å². The second-order valence-electron chi connectivity index (χ2n) is 5.75. The fraction of sp³-hybridized carbons (Fsp3) is 0.278. The van der Waals surface area contributed by atoms with Crippen molar-refractivity contribution < 1.29 is 0 Å². The normalized spacial score (nSPS) is 11.0. The number of rotatable bonds is 4. The van der Waals surface area contributed by atoms with Crippen molar-refractivity contribution in [1.82, 2.24) is 0 Å². The number of hydrogen-bond acceptors (Lipinski definition) is 2. The summed E-state index contributed by atoms with van der Waals surface area (Å²) in [5, 5.41) is 13.3. The molecule has 0 bridgehead atoms. The average Bonchev–Trinajstić information content (AvgIpc) is 2.49. The SMILES string of the molecule is Cc1ccc(CNc2ccc(C(C)(C)C#N)cc2)cc1Cl. The molecule has 108 valence electrons. The molecule has 1 N–H and O–H groups in total. The van der Waals surface area contributed by atoms with Crippen LogP contribution < -0.4 is 5.32 Å². The van der Waals surface area contributed by atoms with Gasteiger partial charge in [-0.3, -0.25) is 0 Å². The summed E-state index contributed by atoms with van der Waals surface area (Å²) in [5.74, 6) is 0. The Kier molecular flexibility index (Phi) is 4.55. The number of benzene rings is 2. The molecule has 2 nitrogen and oxygen atoms in total. The Bertz CT molecular complexity index is 667. The number of aryl methyl sites for hydroxylation is 1. The van der Waals surface area contributed by atoms with Gasteiger partial charge in [0.05, 0.1) is 11.5 Å². The summed E-state index contributed by atoms with van der Waals surface area (Å²) in [4.78, 5) is 0. The standard InChI is InChI=1S/C18H19ClN2/c1-13-4-5-14(10-17(13)19)11-21-16-8-6-15(7-9-16)18(2,3)12-20/h4-10,21H,11H2,1-3H3. The van der Waals surface area contributed by atoms with E-state index in [1.165, 1.54) is 0 Å².